The number of pyridine rings is 1. The molecule has 15 heteroatoms. The summed E-state index contributed by atoms with van der Waals surface area (Å²) in [6, 6.07) is 4.52. The lowest BCUT2D eigenvalue weighted by Gasteiger charge is -2.36. The van der Waals surface area contributed by atoms with Crippen LogP contribution in [0.2, 0.25) is 0 Å². The molecule has 1 aromatic heterocycles. The molecular weight excluding hydrogens is 676 g/mol. The first-order chi connectivity index (χ1) is 23.8. The normalized spacial score (nSPS) is 24.1. The fraction of sp³-hybridized carbons (Fsp3) is 0.583. The predicted molar refractivity (Wildman–Crippen MR) is 191 cm³/mol. The Labute approximate surface area is 299 Å². The number of ether oxygens (including phenoxy) is 2. The molecule has 5 atom stereocenters. The topological polar surface area (TPSA) is 185 Å². The molecule has 2 aromatic rings. The lowest BCUT2D eigenvalue weighted by Crippen LogP contribution is -2.61. The smallest absolute Gasteiger partial charge is 0.315 e. The molecule has 2 saturated carbocycles. The van der Waals surface area contributed by atoms with Crippen molar-refractivity contribution in [3.63, 3.8) is 0 Å². The Bertz CT molecular complexity index is 1820. The molecule has 51 heavy (non-hydrogen) atoms. The summed E-state index contributed by atoms with van der Waals surface area (Å²) in [6.07, 6.45) is 4.27. The molecule has 5 rings (SSSR count). The first-order valence-electron chi connectivity index (χ1n) is 17.3. The lowest BCUT2D eigenvalue weighted by atomic mass is 9.85. The van der Waals surface area contributed by atoms with Crippen LogP contribution in [-0.4, -0.2) is 90.2 Å². The molecule has 0 bridgehead atoms. The fourth-order valence-corrected chi connectivity index (χ4v) is 8.09. The highest BCUT2D eigenvalue weighted by atomic mass is 32.2. The van der Waals surface area contributed by atoms with Crippen molar-refractivity contribution in [3.8, 4) is 11.6 Å². The van der Waals surface area contributed by atoms with Gasteiger partial charge in [0, 0.05) is 29.5 Å². The second-order valence-electron chi connectivity index (χ2n) is 15.9. The van der Waals surface area contributed by atoms with Crippen molar-refractivity contribution >= 4 is 44.5 Å². The van der Waals surface area contributed by atoms with Crippen molar-refractivity contribution in [2.24, 2.45) is 11.3 Å². The highest BCUT2D eigenvalue weighted by molar-refractivity contribution is 7.90. The van der Waals surface area contributed by atoms with Gasteiger partial charge in [-0.2, -0.15) is 0 Å². The first kappa shape index (κ1) is 37.8. The number of hydrogen-bond acceptors (Lipinski definition) is 9. The third-order valence-corrected chi connectivity index (χ3v) is 11.5. The van der Waals surface area contributed by atoms with E-state index in [2.05, 4.69) is 32.2 Å². The van der Waals surface area contributed by atoms with Crippen molar-refractivity contribution in [3.05, 3.63) is 43.1 Å². The van der Waals surface area contributed by atoms with Gasteiger partial charge >= 0.3 is 6.03 Å². The van der Waals surface area contributed by atoms with E-state index in [4.69, 9.17) is 9.47 Å². The summed E-state index contributed by atoms with van der Waals surface area (Å²) >= 11 is 0. The van der Waals surface area contributed by atoms with Crippen LogP contribution < -0.4 is 30.1 Å². The van der Waals surface area contributed by atoms with Crippen LogP contribution in [0.4, 0.5) is 4.79 Å². The predicted octanol–water partition coefficient (Wildman–Crippen LogP) is 3.16. The lowest BCUT2D eigenvalue weighted by molar-refractivity contribution is -0.142. The molecule has 278 valence electrons. The molecule has 1 aliphatic heterocycles. The van der Waals surface area contributed by atoms with E-state index in [1.807, 2.05) is 39.0 Å². The van der Waals surface area contributed by atoms with E-state index in [1.165, 1.54) is 11.0 Å². The zero-order chi connectivity index (χ0) is 37.5. The van der Waals surface area contributed by atoms with Crippen LogP contribution in [0.5, 0.6) is 11.6 Å². The molecule has 0 spiro atoms. The van der Waals surface area contributed by atoms with Crippen LogP contribution in [-0.2, 0) is 24.4 Å². The number of methoxy groups -OCH3 is 1. The maximum atomic E-state index is 14.5. The highest BCUT2D eigenvalue weighted by Crippen LogP contribution is 2.45. The maximum absolute atomic E-state index is 14.5. The number of benzene rings is 1. The minimum Gasteiger partial charge on any atom is -0.497 e. The van der Waals surface area contributed by atoms with Gasteiger partial charge in [-0.25, -0.2) is 18.2 Å². The molecular formula is C36H50N6O8S. The van der Waals surface area contributed by atoms with Crippen molar-refractivity contribution in [2.45, 2.75) is 108 Å². The van der Waals surface area contributed by atoms with E-state index >= 15 is 0 Å². The zero-order valence-electron chi connectivity index (χ0n) is 30.4. The Balaban J connectivity index is 1.44. The molecule has 4 N–H and O–H groups in total. The average Bonchev–Trinajstić information content (AvgIpc) is 3.55. The molecule has 2 heterocycles. The number of likely N-dealkylation sites (tertiary alicyclic amines) is 1. The summed E-state index contributed by atoms with van der Waals surface area (Å²) in [4.78, 5) is 61.1. The number of fused-ring (bicyclic) bond motifs is 1. The fourth-order valence-electron chi connectivity index (χ4n) is 6.53. The summed E-state index contributed by atoms with van der Waals surface area (Å²) in [7, 11) is -2.35. The number of nitrogens with zero attached hydrogens (tertiary/aromatic N) is 2. The van der Waals surface area contributed by atoms with Gasteiger partial charge in [0.2, 0.25) is 27.7 Å². The van der Waals surface area contributed by atoms with Crippen molar-refractivity contribution in [1.29, 1.82) is 0 Å². The summed E-state index contributed by atoms with van der Waals surface area (Å²) in [5.74, 6) is -1.57. The number of hydrogen-bond donors (Lipinski definition) is 4. The highest BCUT2D eigenvalue weighted by Gasteiger charge is 2.62. The van der Waals surface area contributed by atoms with E-state index in [-0.39, 0.29) is 19.4 Å². The minimum atomic E-state index is -3.93. The van der Waals surface area contributed by atoms with Gasteiger partial charge < -0.3 is 30.3 Å². The zero-order valence-corrected chi connectivity index (χ0v) is 31.2. The van der Waals surface area contributed by atoms with Crippen LogP contribution >= 0.6 is 0 Å². The first-order valence-corrected chi connectivity index (χ1v) is 18.8. The van der Waals surface area contributed by atoms with Crippen molar-refractivity contribution in [1.82, 2.24) is 30.6 Å². The van der Waals surface area contributed by atoms with Gasteiger partial charge in [-0.3, -0.25) is 19.1 Å². The number of rotatable bonds is 11. The van der Waals surface area contributed by atoms with Crippen LogP contribution in [0.3, 0.4) is 0 Å². The van der Waals surface area contributed by atoms with Gasteiger partial charge in [0.05, 0.1) is 18.9 Å². The van der Waals surface area contributed by atoms with Gasteiger partial charge in [0.15, 0.2) is 0 Å². The average molecular weight is 727 g/mol. The van der Waals surface area contributed by atoms with Gasteiger partial charge in [-0.1, -0.05) is 33.3 Å². The molecule has 0 unspecified atom stereocenters. The van der Waals surface area contributed by atoms with Crippen LogP contribution in [0.25, 0.3) is 10.8 Å². The van der Waals surface area contributed by atoms with E-state index in [0.29, 0.717) is 29.9 Å². The summed E-state index contributed by atoms with van der Waals surface area (Å²) < 4.78 is 39.7. The quantitative estimate of drug-likeness (QED) is 0.253. The van der Waals surface area contributed by atoms with Crippen molar-refractivity contribution in [2.75, 3.05) is 13.7 Å². The Morgan fingerprint density at radius 3 is 2.37 bits per heavy atom. The van der Waals surface area contributed by atoms with E-state index in [9.17, 15) is 27.6 Å². The second-order valence-corrected chi connectivity index (χ2v) is 17.8. The summed E-state index contributed by atoms with van der Waals surface area (Å²) in [6.45, 7) is 14.6. The largest absolute Gasteiger partial charge is 0.497 e. The van der Waals surface area contributed by atoms with Gasteiger partial charge in [0.25, 0.3) is 5.91 Å². The number of urea groups is 1. The molecule has 3 fully saturated rings. The Kier molecular flexibility index (Phi) is 10.4. The number of carbonyl (C=O) groups is 4. The van der Waals surface area contributed by atoms with Gasteiger partial charge in [0.1, 0.15) is 29.5 Å². The Morgan fingerprint density at radius 2 is 1.80 bits per heavy atom. The van der Waals surface area contributed by atoms with E-state index < -0.39 is 79.6 Å². The monoisotopic (exact) mass is 726 g/mol. The third kappa shape index (κ3) is 8.23. The minimum absolute atomic E-state index is 0.0273. The number of nitrogens with one attached hydrogen (secondary N) is 4. The standard InChI is InChI=1S/C36H50N6O8S/c1-9-22-19-36(22,32(45)41-51(47,48)25-11-10-12-25)39-29(43)27-18-24(50-30-26-14-13-23(49-8)17-21(26)15-16-37-30)20-42(27)31(44)28(34(2,3)4)38-33(46)40-35(5,6)7/h9,13-17,22,24-25,27-28H,1,10-12,18-20H2,2-8H3,(H,39,43)(H,41,45)(H2,38,40,46)/t22-,24-,27+,28-,36-/m1/s1. The maximum Gasteiger partial charge on any atom is 0.315 e. The second kappa shape index (κ2) is 14.0. The molecule has 0 radical (unpaired) electrons. The molecule has 1 aromatic carbocycles. The SMILES string of the molecule is C=C[C@@H]1C[C@]1(NC(=O)[C@@H]1C[C@@H](Oc2nccc3cc(OC)ccc23)CN1C(=O)[C@@H](NC(=O)NC(C)(C)C)C(C)(C)C)C(=O)NS(=O)(=O)C1CCC1. The number of carbonyl (C=O) groups excluding carboxylic acids is 4. The number of amides is 5. The number of aromatic nitrogens is 1. The van der Waals surface area contributed by atoms with Gasteiger partial charge in [-0.15, -0.1) is 6.58 Å². The molecule has 1 saturated heterocycles. The summed E-state index contributed by atoms with van der Waals surface area (Å²) in [5, 5.41) is 9.29. The van der Waals surface area contributed by atoms with Crippen LogP contribution in [0.1, 0.15) is 73.6 Å². The van der Waals surface area contributed by atoms with E-state index in [0.717, 1.165) is 11.8 Å². The Hall–Kier alpha value is -4.40. The molecule has 2 aliphatic carbocycles. The van der Waals surface area contributed by atoms with E-state index in [1.54, 1.807) is 40.1 Å². The van der Waals surface area contributed by atoms with Crippen molar-refractivity contribution < 1.29 is 37.1 Å². The molecule has 14 nitrogen and oxygen atoms in total. The summed E-state index contributed by atoms with van der Waals surface area (Å²) in [5.41, 5.74) is -2.90. The third-order valence-electron chi connectivity index (χ3n) is 9.72. The van der Waals surface area contributed by atoms with Crippen LogP contribution in [0.15, 0.2) is 43.1 Å². The molecule has 5 amide bonds. The molecule has 3 aliphatic rings. The number of sulfonamides is 1. The van der Waals surface area contributed by atoms with Crippen LogP contribution in [0, 0.1) is 11.3 Å². The Morgan fingerprint density at radius 1 is 1.10 bits per heavy atom. The van der Waals surface area contributed by atoms with Gasteiger partial charge in [-0.05, 0) is 75.1 Å².